The maximum atomic E-state index is 6.36. The zero-order valence-corrected chi connectivity index (χ0v) is 14.0. The minimum atomic E-state index is -0.106. The van der Waals surface area contributed by atoms with Crippen LogP contribution < -0.4 is 4.90 Å². The van der Waals surface area contributed by atoms with Gasteiger partial charge in [0.05, 0.1) is 17.2 Å². The molecule has 112 valence electrons. The molecular weight excluding hydrogens is 246 g/mol. The molecule has 1 aromatic carbocycles. The van der Waals surface area contributed by atoms with E-state index in [1.54, 1.807) is 0 Å². The Balaban J connectivity index is 2.37. The molecule has 20 heavy (non-hydrogen) atoms. The van der Waals surface area contributed by atoms with Gasteiger partial charge in [-0.25, -0.2) is 0 Å². The van der Waals surface area contributed by atoms with E-state index in [0.717, 1.165) is 6.42 Å². The van der Waals surface area contributed by atoms with E-state index in [1.807, 2.05) is 0 Å². The van der Waals surface area contributed by atoms with Gasteiger partial charge in [0.25, 0.3) is 0 Å². The number of hydrogen-bond acceptors (Lipinski definition) is 2. The van der Waals surface area contributed by atoms with Gasteiger partial charge >= 0.3 is 0 Å². The average Bonchev–Trinajstić information content (AvgIpc) is 2.43. The molecule has 0 N–H and O–H groups in total. The van der Waals surface area contributed by atoms with Gasteiger partial charge in [0.15, 0.2) is 0 Å². The van der Waals surface area contributed by atoms with Crippen molar-refractivity contribution in [2.45, 2.75) is 77.7 Å². The maximum Gasteiger partial charge on any atom is 0.0830 e. The number of benzene rings is 1. The molecule has 1 aromatic rings. The number of anilines is 1. The van der Waals surface area contributed by atoms with Crippen LogP contribution in [0.1, 0.15) is 54.9 Å². The van der Waals surface area contributed by atoms with Crippen molar-refractivity contribution in [3.63, 3.8) is 0 Å². The van der Waals surface area contributed by atoms with Crippen LogP contribution in [0.2, 0.25) is 0 Å². The summed E-state index contributed by atoms with van der Waals surface area (Å²) in [5.41, 5.74) is 1.26. The first kappa shape index (κ1) is 15.4. The fourth-order valence-corrected chi connectivity index (χ4v) is 3.59. The lowest BCUT2D eigenvalue weighted by Crippen LogP contribution is -2.52. The van der Waals surface area contributed by atoms with E-state index in [9.17, 15) is 0 Å². The molecule has 2 rings (SSSR count). The summed E-state index contributed by atoms with van der Waals surface area (Å²) in [7, 11) is 0. The predicted molar refractivity (Wildman–Crippen MR) is 86.3 cm³/mol. The molecule has 0 amide bonds. The molecule has 1 atom stereocenters. The predicted octanol–water partition coefficient (Wildman–Crippen LogP) is 4.64. The number of hydrogen-bond donors (Lipinski definition) is 0. The molecule has 2 heteroatoms. The zero-order chi connectivity index (χ0) is 15.2. The Kier molecular flexibility index (Phi) is 3.66. The van der Waals surface area contributed by atoms with Gasteiger partial charge in [0.2, 0.25) is 0 Å². The third kappa shape index (κ3) is 2.85. The Bertz CT molecular complexity index is 456. The van der Waals surface area contributed by atoms with E-state index in [-0.39, 0.29) is 22.8 Å². The molecule has 0 bridgehead atoms. The monoisotopic (exact) mass is 275 g/mol. The molecular formula is C18H29NO. The maximum absolute atomic E-state index is 6.36. The smallest absolute Gasteiger partial charge is 0.0830 e. The number of rotatable bonds is 2. The van der Waals surface area contributed by atoms with Crippen LogP contribution in [0.3, 0.4) is 0 Å². The Labute approximate surface area is 124 Å². The van der Waals surface area contributed by atoms with E-state index in [4.69, 9.17) is 4.74 Å². The molecule has 0 spiro atoms. The van der Waals surface area contributed by atoms with E-state index in [0.29, 0.717) is 0 Å². The number of para-hydroxylation sites is 1. The lowest BCUT2D eigenvalue weighted by Gasteiger charge is -2.44. The summed E-state index contributed by atoms with van der Waals surface area (Å²) in [6.45, 7) is 15.6. The molecule has 2 nitrogen and oxygen atoms in total. The normalized spacial score (nSPS) is 24.9. The van der Waals surface area contributed by atoms with E-state index < -0.39 is 0 Å². The van der Waals surface area contributed by atoms with Crippen LogP contribution in [0.25, 0.3) is 0 Å². The van der Waals surface area contributed by atoms with Crippen molar-refractivity contribution in [3.05, 3.63) is 30.3 Å². The van der Waals surface area contributed by atoms with Crippen LogP contribution in [-0.4, -0.2) is 22.8 Å². The molecule has 1 fully saturated rings. The van der Waals surface area contributed by atoms with Crippen molar-refractivity contribution >= 4 is 5.69 Å². The summed E-state index contributed by atoms with van der Waals surface area (Å²) in [6.07, 6.45) is 1.28. The minimum Gasteiger partial charge on any atom is -0.370 e. The topological polar surface area (TPSA) is 12.5 Å². The fourth-order valence-electron chi connectivity index (χ4n) is 3.59. The summed E-state index contributed by atoms with van der Waals surface area (Å²) in [6, 6.07) is 10.7. The summed E-state index contributed by atoms with van der Waals surface area (Å²) >= 11 is 0. The molecule has 0 aromatic heterocycles. The first-order valence-corrected chi connectivity index (χ1v) is 7.57. The highest BCUT2D eigenvalue weighted by Crippen LogP contribution is 2.46. The van der Waals surface area contributed by atoms with Gasteiger partial charge in [0.1, 0.15) is 0 Å². The summed E-state index contributed by atoms with van der Waals surface area (Å²) < 4.78 is 6.36. The van der Waals surface area contributed by atoms with Crippen LogP contribution in [0, 0.1) is 0 Å². The molecule has 1 saturated heterocycles. The van der Waals surface area contributed by atoms with Gasteiger partial charge < -0.3 is 9.64 Å². The van der Waals surface area contributed by atoms with Crippen molar-refractivity contribution in [1.29, 1.82) is 0 Å². The van der Waals surface area contributed by atoms with Crippen molar-refractivity contribution in [3.8, 4) is 0 Å². The molecule has 0 aliphatic carbocycles. The van der Waals surface area contributed by atoms with Crippen LogP contribution in [0.4, 0.5) is 5.69 Å². The van der Waals surface area contributed by atoms with Gasteiger partial charge in [0, 0.05) is 11.2 Å². The summed E-state index contributed by atoms with van der Waals surface area (Å²) in [5, 5.41) is 0. The van der Waals surface area contributed by atoms with Crippen LogP contribution in [0.5, 0.6) is 0 Å². The quantitative estimate of drug-likeness (QED) is 0.779. The van der Waals surface area contributed by atoms with Crippen molar-refractivity contribution in [2.75, 3.05) is 4.90 Å². The van der Waals surface area contributed by atoms with Gasteiger partial charge in [-0.05, 0) is 67.0 Å². The highest BCUT2D eigenvalue weighted by atomic mass is 16.5. The fraction of sp³-hybridized carbons (Fsp3) is 0.667. The number of nitrogens with zero attached hydrogens (tertiary/aromatic N) is 1. The average molecular weight is 275 g/mol. The first-order valence-electron chi connectivity index (χ1n) is 7.57. The van der Waals surface area contributed by atoms with Crippen molar-refractivity contribution < 1.29 is 4.74 Å². The SMILES string of the molecule is CC(C)(C)OC1CC(C)(C)N(c2ccccc2)C1(C)C. The lowest BCUT2D eigenvalue weighted by molar-refractivity contribution is -0.0773. The first-order chi connectivity index (χ1) is 9.04. The Hall–Kier alpha value is -1.02. The standard InChI is InChI=1S/C18H29NO/c1-16(2,3)20-15-13-17(4,5)19(18(15,6)7)14-11-9-8-10-12-14/h8-12,15H,13H2,1-7H3. The summed E-state index contributed by atoms with van der Waals surface area (Å²) in [5.74, 6) is 0. The lowest BCUT2D eigenvalue weighted by atomic mass is 9.96. The second-order valence-corrected chi connectivity index (χ2v) is 8.06. The van der Waals surface area contributed by atoms with Gasteiger partial charge in [-0.2, -0.15) is 0 Å². The van der Waals surface area contributed by atoms with Gasteiger partial charge in [-0.1, -0.05) is 18.2 Å². The molecule has 1 unspecified atom stereocenters. The molecule has 1 aliphatic heterocycles. The third-order valence-corrected chi connectivity index (χ3v) is 4.16. The van der Waals surface area contributed by atoms with Gasteiger partial charge in [-0.15, -0.1) is 0 Å². The Morgan fingerprint density at radius 1 is 1.05 bits per heavy atom. The molecule has 0 radical (unpaired) electrons. The molecule has 1 heterocycles. The van der Waals surface area contributed by atoms with E-state index >= 15 is 0 Å². The van der Waals surface area contributed by atoms with Crippen LogP contribution >= 0.6 is 0 Å². The Morgan fingerprint density at radius 2 is 1.60 bits per heavy atom. The van der Waals surface area contributed by atoms with Gasteiger partial charge in [-0.3, -0.25) is 0 Å². The van der Waals surface area contributed by atoms with Crippen molar-refractivity contribution in [2.24, 2.45) is 0 Å². The largest absolute Gasteiger partial charge is 0.370 e. The second-order valence-electron chi connectivity index (χ2n) is 8.06. The van der Waals surface area contributed by atoms with Crippen LogP contribution in [0.15, 0.2) is 30.3 Å². The second kappa shape index (κ2) is 4.77. The number of ether oxygens (including phenoxy) is 1. The highest BCUT2D eigenvalue weighted by molar-refractivity contribution is 5.53. The van der Waals surface area contributed by atoms with E-state index in [1.165, 1.54) is 5.69 Å². The molecule has 0 saturated carbocycles. The Morgan fingerprint density at radius 3 is 2.10 bits per heavy atom. The minimum absolute atomic E-state index is 0.0157. The summed E-state index contributed by atoms with van der Waals surface area (Å²) in [4.78, 5) is 2.52. The molecule has 1 aliphatic rings. The van der Waals surface area contributed by atoms with Crippen LogP contribution in [-0.2, 0) is 4.74 Å². The highest BCUT2D eigenvalue weighted by Gasteiger charge is 2.52. The van der Waals surface area contributed by atoms with Crippen molar-refractivity contribution in [1.82, 2.24) is 0 Å². The third-order valence-electron chi connectivity index (χ3n) is 4.16. The zero-order valence-electron chi connectivity index (χ0n) is 14.0. The van der Waals surface area contributed by atoms with E-state index in [2.05, 4.69) is 83.7 Å².